The molecule has 0 aromatic rings. The number of hydrogen-bond donors (Lipinski definition) is 4. The van der Waals surface area contributed by atoms with Crippen LogP contribution in [0.1, 0.15) is 33.1 Å². The maximum absolute atomic E-state index is 12.8. The van der Waals surface area contributed by atoms with E-state index >= 15 is 0 Å². The molecule has 31 heavy (non-hydrogen) atoms. The van der Waals surface area contributed by atoms with Crippen molar-refractivity contribution in [2.45, 2.75) is 45.2 Å². The Hall–Kier alpha value is -2.89. The van der Waals surface area contributed by atoms with Crippen LogP contribution >= 0.6 is 11.8 Å². The third-order valence-electron chi connectivity index (χ3n) is 4.50. The molecular weight excluding hydrogens is 426 g/mol. The summed E-state index contributed by atoms with van der Waals surface area (Å²) < 4.78 is 0. The van der Waals surface area contributed by atoms with Gasteiger partial charge in [-0.15, -0.1) is 0 Å². The minimum atomic E-state index is -0.906. The van der Waals surface area contributed by atoms with Crippen molar-refractivity contribution in [1.29, 1.82) is 0 Å². The largest absolute Gasteiger partial charge is 0.352 e. The van der Waals surface area contributed by atoms with Crippen LogP contribution in [0.5, 0.6) is 0 Å². The van der Waals surface area contributed by atoms with Gasteiger partial charge in [-0.05, 0) is 25.0 Å². The van der Waals surface area contributed by atoms with Gasteiger partial charge in [0.05, 0.1) is 6.04 Å². The van der Waals surface area contributed by atoms with Gasteiger partial charge in [0.15, 0.2) is 0 Å². The van der Waals surface area contributed by atoms with Crippen LogP contribution in [0.3, 0.4) is 0 Å². The molecule has 172 valence electrons. The second kappa shape index (κ2) is 12.7. The van der Waals surface area contributed by atoms with Crippen LogP contribution in [0.15, 0.2) is 12.2 Å². The number of thioether (sulfide) groups is 1. The first-order valence-corrected chi connectivity index (χ1v) is 11.0. The minimum absolute atomic E-state index is 0.0939. The number of nitrogens with zero attached hydrogens (tertiary/aromatic N) is 1. The van der Waals surface area contributed by atoms with E-state index in [1.54, 1.807) is 20.1 Å². The van der Waals surface area contributed by atoms with Crippen molar-refractivity contribution >= 4 is 46.5 Å². The highest BCUT2D eigenvalue weighted by molar-refractivity contribution is 8.13. The Kier molecular flexibility index (Phi) is 10.7. The number of carbonyl (C=O) groups is 6. The molecule has 1 rings (SSSR count). The highest BCUT2D eigenvalue weighted by Crippen LogP contribution is 2.10. The van der Waals surface area contributed by atoms with E-state index in [1.165, 1.54) is 0 Å². The van der Waals surface area contributed by atoms with Gasteiger partial charge in [0.25, 0.3) is 11.8 Å². The van der Waals surface area contributed by atoms with Gasteiger partial charge in [-0.2, -0.15) is 0 Å². The first-order chi connectivity index (χ1) is 14.6. The molecule has 1 aliphatic heterocycles. The summed E-state index contributed by atoms with van der Waals surface area (Å²) in [6.07, 6.45) is 4.42. The number of imide groups is 1. The normalized spacial score (nSPS) is 15.0. The lowest BCUT2D eigenvalue weighted by atomic mass is 10.0. The van der Waals surface area contributed by atoms with Gasteiger partial charge in [0.2, 0.25) is 16.9 Å². The fraction of sp³-hybridized carbons (Fsp3) is 0.579. The quantitative estimate of drug-likeness (QED) is 0.222. The van der Waals surface area contributed by atoms with Crippen molar-refractivity contribution in [2.24, 2.45) is 11.7 Å². The van der Waals surface area contributed by atoms with Crippen LogP contribution in [0.25, 0.3) is 0 Å². The van der Waals surface area contributed by atoms with Crippen molar-refractivity contribution in [2.75, 3.05) is 19.3 Å². The van der Waals surface area contributed by atoms with Crippen molar-refractivity contribution in [3.63, 3.8) is 0 Å². The van der Waals surface area contributed by atoms with Crippen molar-refractivity contribution in [3.8, 4) is 0 Å². The van der Waals surface area contributed by atoms with Crippen LogP contribution < -0.4 is 21.7 Å². The summed E-state index contributed by atoms with van der Waals surface area (Å²) in [7, 11) is 0. The summed E-state index contributed by atoms with van der Waals surface area (Å²) in [4.78, 5) is 72.0. The molecule has 0 saturated heterocycles. The monoisotopic (exact) mass is 455 g/mol. The Morgan fingerprint density at radius 3 is 2.23 bits per heavy atom. The summed E-state index contributed by atoms with van der Waals surface area (Å²) in [5.74, 6) is -2.27. The molecule has 1 aliphatic rings. The molecular formula is C19H29N5O6S. The predicted molar refractivity (Wildman–Crippen MR) is 115 cm³/mol. The molecule has 5 N–H and O–H groups in total. The number of primary amides is 1. The van der Waals surface area contributed by atoms with Crippen LogP contribution in [0.4, 0.5) is 4.79 Å². The Morgan fingerprint density at radius 2 is 1.71 bits per heavy atom. The number of urea groups is 1. The van der Waals surface area contributed by atoms with E-state index in [2.05, 4.69) is 16.0 Å². The van der Waals surface area contributed by atoms with E-state index < -0.39 is 41.7 Å². The minimum Gasteiger partial charge on any atom is -0.352 e. The second-order valence-corrected chi connectivity index (χ2v) is 8.03. The Morgan fingerprint density at radius 1 is 1.10 bits per heavy atom. The lowest BCUT2D eigenvalue weighted by molar-refractivity contribution is -0.137. The molecule has 6 amide bonds. The second-order valence-electron chi connectivity index (χ2n) is 7.22. The SMILES string of the molecule is CSC(=O)[C@H](CCCNC(N)=O)NC(=O)[C@@H](NC(=O)CCN1C(=O)C=CC1=O)C(C)C. The topological polar surface area (TPSA) is 168 Å². The van der Waals surface area contributed by atoms with Gasteiger partial charge in [0.1, 0.15) is 6.04 Å². The summed E-state index contributed by atoms with van der Waals surface area (Å²) in [6.45, 7) is 3.65. The fourth-order valence-corrected chi connectivity index (χ4v) is 3.28. The van der Waals surface area contributed by atoms with Gasteiger partial charge >= 0.3 is 6.03 Å². The molecule has 12 heteroatoms. The maximum Gasteiger partial charge on any atom is 0.312 e. The molecule has 1 heterocycles. The van der Waals surface area contributed by atoms with Gasteiger partial charge in [-0.1, -0.05) is 25.6 Å². The third kappa shape index (κ3) is 8.79. The molecule has 11 nitrogen and oxygen atoms in total. The Balaban J connectivity index is 2.65. The van der Waals surface area contributed by atoms with E-state index in [1.807, 2.05) is 0 Å². The first kappa shape index (κ1) is 26.1. The average Bonchev–Trinajstić information content (AvgIpc) is 3.03. The Labute approximate surface area is 184 Å². The van der Waals surface area contributed by atoms with Crippen molar-refractivity contribution < 1.29 is 28.8 Å². The summed E-state index contributed by atoms with van der Waals surface area (Å²) in [6, 6.07) is -2.37. The number of rotatable bonds is 12. The van der Waals surface area contributed by atoms with E-state index in [4.69, 9.17) is 5.73 Å². The maximum atomic E-state index is 12.8. The van der Waals surface area contributed by atoms with Crippen LogP contribution in [0, 0.1) is 5.92 Å². The van der Waals surface area contributed by atoms with Crippen molar-refractivity contribution in [3.05, 3.63) is 12.2 Å². The molecule has 0 bridgehead atoms. The molecule has 0 aromatic carbocycles. The fourth-order valence-electron chi connectivity index (χ4n) is 2.82. The molecule has 0 saturated carbocycles. The summed E-state index contributed by atoms with van der Waals surface area (Å²) >= 11 is 0.968. The van der Waals surface area contributed by atoms with Gasteiger partial charge in [-0.25, -0.2) is 4.79 Å². The predicted octanol–water partition coefficient (Wildman–Crippen LogP) is -0.735. The molecule has 0 spiro atoms. The van der Waals surface area contributed by atoms with E-state index in [-0.39, 0.29) is 37.0 Å². The third-order valence-corrected chi connectivity index (χ3v) is 5.19. The first-order valence-electron chi connectivity index (χ1n) is 9.81. The number of hydrogen-bond acceptors (Lipinski definition) is 7. The lowest BCUT2D eigenvalue weighted by Crippen LogP contribution is -2.53. The highest BCUT2D eigenvalue weighted by Gasteiger charge is 2.29. The van der Waals surface area contributed by atoms with Crippen LogP contribution in [0.2, 0.25) is 0 Å². The number of carbonyl (C=O) groups excluding carboxylic acids is 6. The highest BCUT2D eigenvalue weighted by atomic mass is 32.2. The van der Waals surface area contributed by atoms with Gasteiger partial charge < -0.3 is 21.7 Å². The van der Waals surface area contributed by atoms with Gasteiger partial charge in [-0.3, -0.25) is 28.9 Å². The molecule has 0 fully saturated rings. The van der Waals surface area contributed by atoms with Crippen molar-refractivity contribution in [1.82, 2.24) is 20.9 Å². The van der Waals surface area contributed by atoms with Gasteiger partial charge in [0, 0.05) is 31.7 Å². The molecule has 2 atom stereocenters. The van der Waals surface area contributed by atoms with Crippen LogP contribution in [-0.4, -0.2) is 71.1 Å². The number of amides is 6. The Bertz CT molecular complexity index is 736. The molecule has 0 radical (unpaired) electrons. The standard InChI is InChI=1S/C19H29N5O6S/c1-11(2)16(23-13(25)8-10-24-14(26)6-7-15(24)27)17(28)22-12(18(29)31-3)5-4-9-21-19(20)30/h6-7,11-12,16H,4-5,8-10H2,1-3H3,(H,22,28)(H,23,25)(H3,20,21,30)/t12-,16-/m0/s1. The zero-order valence-corrected chi connectivity index (χ0v) is 18.6. The lowest BCUT2D eigenvalue weighted by Gasteiger charge is -2.25. The summed E-state index contributed by atoms with van der Waals surface area (Å²) in [5, 5.41) is 7.43. The van der Waals surface area contributed by atoms with E-state index in [0.717, 1.165) is 28.8 Å². The smallest absolute Gasteiger partial charge is 0.312 e. The molecule has 0 unspecified atom stereocenters. The number of nitrogens with two attached hydrogens (primary N) is 1. The molecule has 0 aromatic heterocycles. The average molecular weight is 456 g/mol. The summed E-state index contributed by atoms with van der Waals surface area (Å²) in [5.41, 5.74) is 5.00. The van der Waals surface area contributed by atoms with E-state index in [9.17, 15) is 28.8 Å². The zero-order chi connectivity index (χ0) is 23.6. The van der Waals surface area contributed by atoms with Crippen LogP contribution in [-0.2, 0) is 24.0 Å². The zero-order valence-electron chi connectivity index (χ0n) is 17.8. The van der Waals surface area contributed by atoms with E-state index in [0.29, 0.717) is 6.42 Å². The molecule has 0 aliphatic carbocycles. The number of nitrogens with one attached hydrogen (secondary N) is 3.